The lowest BCUT2D eigenvalue weighted by molar-refractivity contribution is -0.126. The van der Waals surface area contributed by atoms with E-state index in [0.29, 0.717) is 0 Å². The summed E-state index contributed by atoms with van der Waals surface area (Å²) >= 11 is 3.26. The normalized spacial score (nSPS) is 27.2. The van der Waals surface area contributed by atoms with Crippen molar-refractivity contribution in [2.75, 3.05) is 0 Å². The number of nitrogens with zero attached hydrogens (tertiary/aromatic N) is 1. The third kappa shape index (κ3) is 2.74. The smallest absolute Gasteiger partial charge is 0.226 e. The lowest BCUT2D eigenvalue weighted by atomic mass is 9.93. The summed E-state index contributed by atoms with van der Waals surface area (Å²) in [6.07, 6.45) is 7.49. The number of rotatable bonds is 5. The molecule has 0 radical (unpaired) electrons. The van der Waals surface area contributed by atoms with Gasteiger partial charge in [0.15, 0.2) is 0 Å². The Kier molecular flexibility index (Phi) is 3.82. The first-order valence-electron chi connectivity index (χ1n) is 7.34. The SMILES string of the molecule is O=C(N[C@@H](Cc1ccsc1)c1nccs1)[C@H]1C[C@H]2C=C[C@H]1O2. The van der Waals surface area contributed by atoms with Crippen LogP contribution in [0.2, 0.25) is 0 Å². The van der Waals surface area contributed by atoms with E-state index in [2.05, 4.69) is 33.2 Å². The number of hydrogen-bond acceptors (Lipinski definition) is 5. The van der Waals surface area contributed by atoms with Gasteiger partial charge in [-0.3, -0.25) is 4.79 Å². The molecule has 2 bridgehead atoms. The van der Waals surface area contributed by atoms with Crippen molar-refractivity contribution in [3.05, 3.63) is 51.1 Å². The molecule has 2 aromatic rings. The van der Waals surface area contributed by atoms with Crippen LogP contribution in [0.25, 0.3) is 0 Å². The molecule has 4 rings (SSSR count). The third-order valence-corrected chi connectivity index (χ3v) is 5.77. The van der Waals surface area contributed by atoms with Gasteiger partial charge in [0.2, 0.25) is 5.91 Å². The van der Waals surface area contributed by atoms with E-state index in [1.54, 1.807) is 28.9 Å². The quantitative estimate of drug-likeness (QED) is 0.857. The number of nitrogens with one attached hydrogen (secondary N) is 1. The second kappa shape index (κ2) is 5.95. The fourth-order valence-electron chi connectivity index (χ4n) is 3.06. The summed E-state index contributed by atoms with van der Waals surface area (Å²) < 4.78 is 5.70. The lowest BCUT2D eigenvalue weighted by Gasteiger charge is -2.21. The second-order valence-corrected chi connectivity index (χ2v) is 7.34. The Labute approximate surface area is 136 Å². The van der Waals surface area contributed by atoms with Crippen molar-refractivity contribution < 1.29 is 9.53 Å². The third-order valence-electron chi connectivity index (χ3n) is 4.15. The van der Waals surface area contributed by atoms with Gasteiger partial charge < -0.3 is 10.1 Å². The number of carbonyl (C=O) groups is 1. The van der Waals surface area contributed by atoms with Crippen LogP contribution in [0.1, 0.15) is 23.0 Å². The highest BCUT2D eigenvalue weighted by Gasteiger charge is 2.41. The molecule has 4 nitrogen and oxygen atoms in total. The molecule has 1 amide bonds. The fraction of sp³-hybridized carbons (Fsp3) is 0.375. The molecule has 0 aromatic carbocycles. The highest BCUT2D eigenvalue weighted by molar-refractivity contribution is 7.09. The molecule has 2 aliphatic heterocycles. The van der Waals surface area contributed by atoms with E-state index in [-0.39, 0.29) is 30.1 Å². The molecule has 2 aromatic heterocycles. The van der Waals surface area contributed by atoms with Crippen molar-refractivity contribution in [1.29, 1.82) is 0 Å². The predicted molar refractivity (Wildman–Crippen MR) is 86.9 cm³/mol. The fourth-order valence-corrected chi connectivity index (χ4v) is 4.43. The van der Waals surface area contributed by atoms with Gasteiger partial charge >= 0.3 is 0 Å². The minimum absolute atomic E-state index is 0.0527. The lowest BCUT2D eigenvalue weighted by Crippen LogP contribution is -2.38. The summed E-state index contributed by atoms with van der Waals surface area (Å²) in [7, 11) is 0. The zero-order valence-electron chi connectivity index (χ0n) is 11.8. The summed E-state index contributed by atoms with van der Waals surface area (Å²) in [6, 6.07) is 2.03. The van der Waals surface area contributed by atoms with Crippen molar-refractivity contribution >= 4 is 28.6 Å². The number of thiophene rings is 1. The van der Waals surface area contributed by atoms with Crippen molar-refractivity contribution in [2.24, 2.45) is 5.92 Å². The molecular weight excluding hydrogens is 316 g/mol. The van der Waals surface area contributed by atoms with Crippen molar-refractivity contribution in [2.45, 2.75) is 31.1 Å². The summed E-state index contributed by atoms with van der Waals surface area (Å²) in [4.78, 5) is 17.0. The van der Waals surface area contributed by atoms with E-state index >= 15 is 0 Å². The maximum absolute atomic E-state index is 12.6. The predicted octanol–water partition coefficient (Wildman–Crippen LogP) is 2.95. The van der Waals surface area contributed by atoms with E-state index < -0.39 is 0 Å². The highest BCUT2D eigenvalue weighted by Crippen LogP contribution is 2.34. The minimum Gasteiger partial charge on any atom is -0.366 e. The Morgan fingerprint density at radius 2 is 2.41 bits per heavy atom. The molecule has 0 aliphatic carbocycles. The molecule has 0 saturated carbocycles. The van der Waals surface area contributed by atoms with E-state index in [1.165, 1.54) is 5.56 Å². The van der Waals surface area contributed by atoms with Gasteiger partial charge in [-0.15, -0.1) is 11.3 Å². The summed E-state index contributed by atoms with van der Waals surface area (Å²) in [5, 5.41) is 10.3. The highest BCUT2D eigenvalue weighted by atomic mass is 32.1. The van der Waals surface area contributed by atoms with Gasteiger partial charge in [-0.1, -0.05) is 12.2 Å². The van der Waals surface area contributed by atoms with Crippen LogP contribution in [0, 0.1) is 5.92 Å². The summed E-state index contributed by atoms with van der Waals surface area (Å²) in [6.45, 7) is 0. The molecule has 0 spiro atoms. The molecule has 0 unspecified atom stereocenters. The standard InChI is InChI=1S/C16H16N2O2S2/c19-15(12-8-11-1-2-14(12)20-11)18-13(16-17-4-6-22-16)7-10-3-5-21-9-10/h1-6,9,11-14H,7-8H2,(H,18,19)/t11-,12+,13+,14-/m1/s1. The van der Waals surface area contributed by atoms with Gasteiger partial charge in [0, 0.05) is 18.0 Å². The maximum atomic E-state index is 12.6. The summed E-state index contributed by atoms with van der Waals surface area (Å²) in [5.41, 5.74) is 1.23. The van der Waals surface area contributed by atoms with Crippen molar-refractivity contribution in [3.63, 3.8) is 0 Å². The van der Waals surface area contributed by atoms with E-state index in [9.17, 15) is 4.79 Å². The molecule has 1 N–H and O–H groups in total. The molecule has 4 heterocycles. The van der Waals surface area contributed by atoms with Gasteiger partial charge in [-0.25, -0.2) is 4.98 Å². The van der Waals surface area contributed by atoms with Gasteiger partial charge in [0.25, 0.3) is 0 Å². The zero-order valence-corrected chi connectivity index (χ0v) is 13.5. The van der Waals surface area contributed by atoms with Crippen LogP contribution in [0.4, 0.5) is 0 Å². The van der Waals surface area contributed by atoms with Crippen molar-refractivity contribution in [1.82, 2.24) is 10.3 Å². The number of thiazole rings is 1. The first kappa shape index (κ1) is 14.1. The number of hydrogen-bond donors (Lipinski definition) is 1. The Hall–Kier alpha value is -1.50. The van der Waals surface area contributed by atoms with Crippen molar-refractivity contribution in [3.8, 4) is 0 Å². The zero-order chi connectivity index (χ0) is 14.9. The number of carbonyl (C=O) groups excluding carboxylic acids is 1. The second-order valence-electron chi connectivity index (χ2n) is 5.63. The average Bonchev–Trinajstić information content (AvgIpc) is 3.28. The Morgan fingerprint density at radius 3 is 3.05 bits per heavy atom. The van der Waals surface area contributed by atoms with Crippen LogP contribution in [-0.4, -0.2) is 23.1 Å². The molecule has 22 heavy (non-hydrogen) atoms. The summed E-state index contributed by atoms with van der Waals surface area (Å²) in [5.74, 6) is 0.00668. The molecule has 1 saturated heterocycles. The van der Waals surface area contributed by atoms with E-state index in [1.807, 2.05) is 11.5 Å². The first-order chi connectivity index (χ1) is 10.8. The number of ether oxygens (including phenoxy) is 1. The molecule has 114 valence electrons. The molecule has 4 atom stereocenters. The number of amides is 1. The van der Waals surface area contributed by atoms with Gasteiger partial charge in [-0.05, 0) is 28.8 Å². The van der Waals surface area contributed by atoms with Gasteiger partial charge in [-0.2, -0.15) is 11.3 Å². The number of aromatic nitrogens is 1. The largest absolute Gasteiger partial charge is 0.366 e. The van der Waals surface area contributed by atoms with Gasteiger partial charge in [0.1, 0.15) is 5.01 Å². The molecule has 1 fully saturated rings. The Morgan fingerprint density at radius 1 is 1.45 bits per heavy atom. The van der Waals surface area contributed by atoms with Crippen LogP contribution in [-0.2, 0) is 16.0 Å². The molecule has 6 heteroatoms. The first-order valence-corrected chi connectivity index (χ1v) is 9.16. The molecular formula is C16H16N2O2S2. The van der Waals surface area contributed by atoms with Gasteiger partial charge in [0.05, 0.1) is 24.2 Å². The van der Waals surface area contributed by atoms with Crippen LogP contribution in [0.15, 0.2) is 40.6 Å². The average molecular weight is 332 g/mol. The van der Waals surface area contributed by atoms with Crippen LogP contribution < -0.4 is 5.32 Å². The van der Waals surface area contributed by atoms with Crippen LogP contribution >= 0.6 is 22.7 Å². The Bertz CT molecular complexity index is 666. The topological polar surface area (TPSA) is 51.2 Å². The number of fused-ring (bicyclic) bond motifs is 2. The van der Waals surface area contributed by atoms with Crippen LogP contribution in [0.3, 0.4) is 0 Å². The Balaban J connectivity index is 1.49. The monoisotopic (exact) mass is 332 g/mol. The van der Waals surface area contributed by atoms with E-state index in [0.717, 1.165) is 17.8 Å². The molecule has 2 aliphatic rings. The van der Waals surface area contributed by atoms with Crippen LogP contribution in [0.5, 0.6) is 0 Å². The van der Waals surface area contributed by atoms with E-state index in [4.69, 9.17) is 4.74 Å². The maximum Gasteiger partial charge on any atom is 0.226 e. The minimum atomic E-state index is -0.0695.